The molecule has 1 fully saturated rings. The Bertz CT molecular complexity index is 709. The van der Waals surface area contributed by atoms with Crippen molar-refractivity contribution in [2.45, 2.75) is 37.1 Å². The number of hydrogen-bond acceptors (Lipinski definition) is 10. The minimum atomic E-state index is -1.45. The van der Waals surface area contributed by atoms with Crippen LogP contribution in [0.2, 0.25) is 0 Å². The molecule has 5 atom stereocenters. The van der Waals surface area contributed by atoms with E-state index in [9.17, 15) is 20.4 Å². The summed E-state index contributed by atoms with van der Waals surface area (Å²) in [5, 5.41) is 39.1. The highest BCUT2D eigenvalue weighted by Gasteiger charge is 2.39. The monoisotopic (exact) mass is 326 g/mol. The number of aliphatic hydroxyl groups is 4. The van der Waals surface area contributed by atoms with Crippen molar-refractivity contribution < 1.29 is 25.2 Å². The quantitative estimate of drug-likeness (QED) is 0.340. The van der Waals surface area contributed by atoms with E-state index < -0.39 is 37.3 Å². The van der Waals surface area contributed by atoms with Gasteiger partial charge in [0.1, 0.15) is 30.1 Å². The number of aromatic nitrogens is 4. The highest BCUT2D eigenvalue weighted by Crippen LogP contribution is 2.30. The van der Waals surface area contributed by atoms with Crippen LogP contribution in [-0.2, 0) is 4.74 Å². The molecule has 2 unspecified atom stereocenters. The lowest BCUT2D eigenvalue weighted by Gasteiger charge is -2.24. The average Bonchev–Trinajstić information content (AvgIpc) is 2.89. The second kappa shape index (κ2) is 5.86. The molecule has 23 heavy (non-hydrogen) atoms. The van der Waals surface area contributed by atoms with Crippen molar-refractivity contribution in [3.63, 3.8) is 0 Å². The van der Waals surface area contributed by atoms with Crippen LogP contribution >= 0.6 is 0 Å². The number of fused-ring (bicyclic) bond motifs is 1. The summed E-state index contributed by atoms with van der Waals surface area (Å²) < 4.78 is 7.07. The molecule has 126 valence electrons. The lowest BCUT2D eigenvalue weighted by molar-refractivity contribution is -0.130. The molecule has 3 heterocycles. The predicted molar refractivity (Wildman–Crippen MR) is 77.8 cm³/mol. The van der Waals surface area contributed by atoms with E-state index in [0.717, 1.165) is 0 Å². The average molecular weight is 326 g/mol. The molecule has 11 heteroatoms. The van der Waals surface area contributed by atoms with Crippen LogP contribution in [0.1, 0.15) is 12.6 Å². The lowest BCUT2D eigenvalue weighted by atomic mass is 10.0. The van der Waals surface area contributed by atoms with E-state index in [-0.39, 0.29) is 23.8 Å². The van der Waals surface area contributed by atoms with Crippen LogP contribution in [0.5, 0.6) is 0 Å². The van der Waals surface area contributed by atoms with Gasteiger partial charge < -0.3 is 36.6 Å². The van der Waals surface area contributed by atoms with Gasteiger partial charge in [-0.2, -0.15) is 9.97 Å². The third-order valence-electron chi connectivity index (χ3n) is 3.86. The number of ether oxygens (including phenoxy) is 1. The maximum absolute atomic E-state index is 10.0. The van der Waals surface area contributed by atoms with Crippen molar-refractivity contribution in [2.24, 2.45) is 0 Å². The Hall–Kier alpha value is -2.05. The van der Waals surface area contributed by atoms with Gasteiger partial charge in [-0.1, -0.05) is 0 Å². The fourth-order valence-electron chi connectivity index (χ4n) is 2.63. The third-order valence-corrected chi connectivity index (χ3v) is 3.86. The molecule has 0 aromatic carbocycles. The Labute approximate surface area is 130 Å². The summed E-state index contributed by atoms with van der Waals surface area (Å²) >= 11 is 0. The van der Waals surface area contributed by atoms with Gasteiger partial charge >= 0.3 is 0 Å². The van der Waals surface area contributed by atoms with E-state index >= 15 is 0 Å². The zero-order chi connectivity index (χ0) is 16.7. The van der Waals surface area contributed by atoms with Gasteiger partial charge in [0.15, 0.2) is 11.5 Å². The highest BCUT2D eigenvalue weighted by molar-refractivity contribution is 5.82. The van der Waals surface area contributed by atoms with E-state index in [1.165, 1.54) is 10.9 Å². The molecule has 2 aromatic heterocycles. The maximum Gasteiger partial charge on any atom is 0.224 e. The van der Waals surface area contributed by atoms with Crippen molar-refractivity contribution in [1.82, 2.24) is 19.5 Å². The molecule has 0 radical (unpaired) electrons. The number of nitrogens with zero attached hydrogens (tertiary/aromatic N) is 4. The summed E-state index contributed by atoms with van der Waals surface area (Å²) in [4.78, 5) is 11.9. The Morgan fingerprint density at radius 2 is 1.96 bits per heavy atom. The maximum atomic E-state index is 10.0. The van der Waals surface area contributed by atoms with Crippen LogP contribution in [0.25, 0.3) is 11.2 Å². The van der Waals surface area contributed by atoms with Crippen molar-refractivity contribution in [3.05, 3.63) is 6.33 Å². The van der Waals surface area contributed by atoms with Gasteiger partial charge in [0.2, 0.25) is 5.95 Å². The number of aliphatic hydroxyl groups excluding tert-OH is 4. The summed E-state index contributed by atoms with van der Waals surface area (Å²) in [6.07, 6.45) is -4.74. The van der Waals surface area contributed by atoms with Gasteiger partial charge in [-0.3, -0.25) is 4.57 Å². The SMILES string of the molecule is Nc1nc(N)c2ncn([C@H]3C[C@@H](O)C(O)[C@H](O)C(CO)O3)c2n1. The molecule has 11 nitrogen and oxygen atoms in total. The van der Waals surface area contributed by atoms with E-state index in [1.54, 1.807) is 0 Å². The Morgan fingerprint density at radius 1 is 1.22 bits per heavy atom. The smallest absolute Gasteiger partial charge is 0.224 e. The zero-order valence-electron chi connectivity index (χ0n) is 12.0. The predicted octanol–water partition coefficient (Wildman–Crippen LogP) is -2.65. The van der Waals surface area contributed by atoms with Crippen LogP contribution in [0, 0.1) is 0 Å². The first-order valence-corrected chi connectivity index (χ1v) is 6.98. The molecule has 8 N–H and O–H groups in total. The summed E-state index contributed by atoms with van der Waals surface area (Å²) in [5.41, 5.74) is 11.9. The molecule has 0 aliphatic carbocycles. The van der Waals surface area contributed by atoms with Crippen LogP contribution in [0.15, 0.2) is 6.33 Å². The van der Waals surface area contributed by atoms with E-state index in [2.05, 4.69) is 15.0 Å². The zero-order valence-corrected chi connectivity index (χ0v) is 12.0. The van der Waals surface area contributed by atoms with Gasteiger partial charge in [0, 0.05) is 6.42 Å². The molecular weight excluding hydrogens is 308 g/mol. The van der Waals surface area contributed by atoms with Gasteiger partial charge in [-0.05, 0) is 0 Å². The Balaban J connectivity index is 2.03. The fourth-order valence-corrected chi connectivity index (χ4v) is 2.63. The number of hydrogen-bond donors (Lipinski definition) is 6. The second-order valence-electron chi connectivity index (χ2n) is 5.39. The first-order chi connectivity index (χ1) is 10.9. The molecular formula is C12H18N6O5. The molecule has 3 rings (SSSR count). The molecule has 0 amide bonds. The van der Waals surface area contributed by atoms with Gasteiger partial charge in [0.25, 0.3) is 0 Å². The molecule has 1 aliphatic rings. The molecule has 0 spiro atoms. The van der Waals surface area contributed by atoms with E-state index in [4.69, 9.17) is 16.2 Å². The topological polar surface area (TPSA) is 186 Å². The first kappa shape index (κ1) is 15.8. The Morgan fingerprint density at radius 3 is 2.65 bits per heavy atom. The summed E-state index contributed by atoms with van der Waals surface area (Å²) in [7, 11) is 0. The van der Waals surface area contributed by atoms with E-state index in [1.807, 2.05) is 0 Å². The number of nitrogen functional groups attached to an aromatic ring is 2. The summed E-state index contributed by atoms with van der Waals surface area (Å²) in [6.45, 7) is -0.534. The second-order valence-corrected chi connectivity index (χ2v) is 5.39. The molecule has 2 aromatic rings. The first-order valence-electron chi connectivity index (χ1n) is 6.98. The van der Waals surface area contributed by atoms with Crippen LogP contribution in [0.3, 0.4) is 0 Å². The minimum absolute atomic E-state index is 0.0512. The summed E-state index contributed by atoms with van der Waals surface area (Å²) in [5.74, 6) is 0.0453. The van der Waals surface area contributed by atoms with Gasteiger partial charge in [0.05, 0.1) is 19.0 Å². The normalized spacial score (nSPS) is 32.1. The highest BCUT2D eigenvalue weighted by atomic mass is 16.5. The standard InChI is InChI=1S/C12H18N6O5/c13-10-7-11(17-12(14)16-10)18(3-15-7)6-1-4(20)8(21)9(22)5(2-19)23-6/h3-6,8-9,19-22H,1-2H2,(H4,13,14,16,17)/t4-,5?,6-,8?,9-/m1/s1. The van der Waals surface area contributed by atoms with Crippen molar-refractivity contribution >= 4 is 22.9 Å². The number of rotatable bonds is 2. The van der Waals surface area contributed by atoms with Crippen LogP contribution in [0.4, 0.5) is 11.8 Å². The third kappa shape index (κ3) is 2.68. The van der Waals surface area contributed by atoms with Gasteiger partial charge in [-0.25, -0.2) is 4.98 Å². The van der Waals surface area contributed by atoms with Crippen molar-refractivity contribution in [3.8, 4) is 0 Å². The Kier molecular flexibility index (Phi) is 4.04. The van der Waals surface area contributed by atoms with E-state index in [0.29, 0.717) is 5.52 Å². The molecule has 0 saturated carbocycles. The number of nitrogens with two attached hydrogens (primary N) is 2. The van der Waals surface area contributed by atoms with Gasteiger partial charge in [-0.15, -0.1) is 0 Å². The molecule has 1 aliphatic heterocycles. The molecule has 1 saturated heterocycles. The lowest BCUT2D eigenvalue weighted by Crippen LogP contribution is -2.44. The van der Waals surface area contributed by atoms with Crippen molar-refractivity contribution in [2.75, 3.05) is 18.1 Å². The molecule has 0 bridgehead atoms. The minimum Gasteiger partial charge on any atom is -0.394 e. The number of anilines is 2. The van der Waals surface area contributed by atoms with Crippen LogP contribution < -0.4 is 11.5 Å². The summed E-state index contributed by atoms with van der Waals surface area (Å²) in [6, 6.07) is 0. The number of imidazole rings is 1. The van der Waals surface area contributed by atoms with Crippen molar-refractivity contribution in [1.29, 1.82) is 0 Å². The largest absolute Gasteiger partial charge is 0.394 e. The fraction of sp³-hybridized carbons (Fsp3) is 0.583. The van der Waals surface area contributed by atoms with Crippen LogP contribution in [-0.4, -0.2) is 71.0 Å².